The largest absolute Gasteiger partial charge is 0.490 e. The minimum atomic E-state index is 0.0970. The van der Waals surface area contributed by atoms with Crippen molar-refractivity contribution in [1.29, 1.82) is 0 Å². The third-order valence-electron chi connectivity index (χ3n) is 8.26. The molecule has 5 nitrogen and oxygen atoms in total. The number of hydrogen-bond donors (Lipinski definition) is 0. The van der Waals surface area contributed by atoms with Crippen molar-refractivity contribution in [3.05, 3.63) is 58.7 Å². The molecule has 42 heavy (non-hydrogen) atoms. The Bertz CT molecular complexity index is 1140. The van der Waals surface area contributed by atoms with Crippen molar-refractivity contribution in [2.75, 3.05) is 26.4 Å². The molecule has 0 saturated heterocycles. The van der Waals surface area contributed by atoms with Gasteiger partial charge in [0.05, 0.1) is 26.4 Å². The van der Waals surface area contributed by atoms with E-state index in [-0.39, 0.29) is 11.2 Å². The molecule has 230 valence electrons. The minimum Gasteiger partial charge on any atom is -0.490 e. The highest BCUT2D eigenvalue weighted by atomic mass is 16.5. The van der Waals surface area contributed by atoms with E-state index in [4.69, 9.17) is 18.9 Å². The first-order chi connectivity index (χ1) is 20.3. The third kappa shape index (κ3) is 9.14. The van der Waals surface area contributed by atoms with Crippen molar-refractivity contribution in [3.63, 3.8) is 0 Å². The summed E-state index contributed by atoms with van der Waals surface area (Å²) in [7, 11) is 0. The second kappa shape index (κ2) is 16.4. The summed E-state index contributed by atoms with van der Waals surface area (Å²) in [6, 6.07) is 12.0. The van der Waals surface area contributed by atoms with Crippen LogP contribution in [0.25, 0.3) is 12.2 Å². The zero-order chi connectivity index (χ0) is 30.5. The maximum Gasteiger partial charge on any atom is 0.185 e. The van der Waals surface area contributed by atoms with Gasteiger partial charge in [0.15, 0.2) is 28.8 Å². The average Bonchev–Trinajstić information content (AvgIpc) is 2.97. The van der Waals surface area contributed by atoms with Crippen molar-refractivity contribution in [3.8, 4) is 23.0 Å². The Kier molecular flexibility index (Phi) is 13.0. The van der Waals surface area contributed by atoms with Crippen LogP contribution in [0.4, 0.5) is 0 Å². The van der Waals surface area contributed by atoms with Crippen LogP contribution in [0.2, 0.25) is 0 Å². The molecule has 1 aliphatic carbocycles. The van der Waals surface area contributed by atoms with Gasteiger partial charge < -0.3 is 18.9 Å². The molecule has 1 atom stereocenters. The van der Waals surface area contributed by atoms with Crippen molar-refractivity contribution in [2.45, 2.75) is 93.4 Å². The normalized spacial score (nSPS) is 17.5. The molecule has 0 bridgehead atoms. The predicted molar refractivity (Wildman–Crippen MR) is 174 cm³/mol. The van der Waals surface area contributed by atoms with E-state index in [0.717, 1.165) is 90.2 Å². The van der Waals surface area contributed by atoms with E-state index in [2.05, 4.69) is 34.6 Å². The number of unbranched alkanes of at least 4 members (excludes halogenated alkanes) is 2. The SMILES string of the molecule is CCCCOc1ccc(/C=C2/CC(C(C)(C)CC)C/C(=C\c3ccc(OCCCC)c(OCC)c3)C2=O)cc1OCC. The maximum atomic E-state index is 14.0. The van der Waals surface area contributed by atoms with E-state index < -0.39 is 0 Å². The first-order valence-corrected chi connectivity index (χ1v) is 16.0. The molecule has 1 unspecified atom stereocenters. The quantitative estimate of drug-likeness (QED) is 0.147. The number of carbonyl (C=O) groups excluding carboxylic acids is 1. The molecule has 5 heteroatoms. The standard InChI is InChI=1S/C37H52O5/c1-8-13-19-41-32-17-15-27(23-34(32)39-11-4)21-29-25-31(37(6,7)10-3)26-30(36(29)38)22-28-16-18-33(42-20-14-9-2)35(24-28)40-12-5/h15-18,21-24,31H,8-14,19-20,25-26H2,1-7H3/b29-21-,30-22+. The monoisotopic (exact) mass is 576 g/mol. The molecule has 2 aromatic carbocycles. The number of hydrogen-bond acceptors (Lipinski definition) is 5. The Labute approximate surface area is 254 Å². The summed E-state index contributed by atoms with van der Waals surface area (Å²) in [4.78, 5) is 14.0. The Balaban J connectivity index is 1.98. The molecule has 1 fully saturated rings. The van der Waals surface area contributed by atoms with Crippen LogP contribution in [0.15, 0.2) is 47.5 Å². The Hall–Kier alpha value is -3.21. The molecule has 3 rings (SSSR count). The number of carbonyl (C=O) groups is 1. The molecule has 2 aromatic rings. The third-order valence-corrected chi connectivity index (χ3v) is 8.26. The molecular weight excluding hydrogens is 524 g/mol. The van der Waals surface area contributed by atoms with Crippen LogP contribution in [-0.2, 0) is 4.79 Å². The van der Waals surface area contributed by atoms with Crippen molar-refractivity contribution in [1.82, 2.24) is 0 Å². The van der Waals surface area contributed by atoms with Crippen molar-refractivity contribution in [2.24, 2.45) is 11.3 Å². The van der Waals surface area contributed by atoms with Crippen LogP contribution < -0.4 is 18.9 Å². The van der Waals surface area contributed by atoms with Crippen LogP contribution in [-0.4, -0.2) is 32.2 Å². The number of ketones is 1. The van der Waals surface area contributed by atoms with Gasteiger partial charge in [-0.25, -0.2) is 0 Å². The van der Waals surface area contributed by atoms with Crippen LogP contribution in [0, 0.1) is 11.3 Å². The number of ether oxygens (including phenoxy) is 4. The number of Topliss-reactive ketones (excluding diaryl/α,β-unsaturated/α-hetero) is 1. The highest BCUT2D eigenvalue weighted by molar-refractivity contribution is 6.14. The van der Waals surface area contributed by atoms with Crippen LogP contribution in [0.3, 0.4) is 0 Å². The van der Waals surface area contributed by atoms with Crippen LogP contribution >= 0.6 is 0 Å². The first-order valence-electron chi connectivity index (χ1n) is 16.0. The van der Waals surface area contributed by atoms with E-state index in [1.807, 2.05) is 62.4 Å². The summed E-state index contributed by atoms with van der Waals surface area (Å²) in [6.45, 7) is 17.5. The number of allylic oxidation sites excluding steroid dienone is 2. The highest BCUT2D eigenvalue weighted by Gasteiger charge is 2.36. The lowest BCUT2D eigenvalue weighted by Gasteiger charge is -2.38. The Morgan fingerprint density at radius 1 is 0.690 bits per heavy atom. The molecule has 1 saturated carbocycles. The van der Waals surface area contributed by atoms with Crippen LogP contribution in [0.1, 0.15) is 105 Å². The van der Waals surface area contributed by atoms with E-state index in [0.29, 0.717) is 32.3 Å². The summed E-state index contributed by atoms with van der Waals surface area (Å²) in [5.74, 6) is 3.40. The summed E-state index contributed by atoms with van der Waals surface area (Å²) in [6.07, 6.45) is 10.8. The van der Waals surface area contributed by atoms with E-state index in [1.165, 1.54) is 0 Å². The lowest BCUT2D eigenvalue weighted by molar-refractivity contribution is -0.113. The molecule has 1 aliphatic rings. The van der Waals surface area contributed by atoms with E-state index in [1.54, 1.807) is 0 Å². The molecular formula is C37H52O5. The Morgan fingerprint density at radius 3 is 1.52 bits per heavy atom. The molecule has 0 spiro atoms. The highest BCUT2D eigenvalue weighted by Crippen LogP contribution is 2.44. The average molecular weight is 577 g/mol. The molecule has 0 aliphatic heterocycles. The second-order valence-electron chi connectivity index (χ2n) is 11.8. The molecule has 0 radical (unpaired) electrons. The summed E-state index contributed by atoms with van der Waals surface area (Å²) in [5, 5.41) is 0. The van der Waals surface area contributed by atoms with Gasteiger partial charge in [0, 0.05) is 11.1 Å². The smallest absolute Gasteiger partial charge is 0.185 e. The summed E-state index contributed by atoms with van der Waals surface area (Å²) >= 11 is 0. The van der Waals surface area contributed by atoms with E-state index >= 15 is 0 Å². The van der Waals surface area contributed by atoms with Gasteiger partial charge in [-0.05, 0) is 98.4 Å². The van der Waals surface area contributed by atoms with Crippen LogP contribution in [0.5, 0.6) is 23.0 Å². The summed E-state index contributed by atoms with van der Waals surface area (Å²) in [5.41, 5.74) is 3.67. The van der Waals surface area contributed by atoms with Gasteiger partial charge in [0.1, 0.15) is 0 Å². The van der Waals surface area contributed by atoms with E-state index in [9.17, 15) is 4.79 Å². The first kappa shape index (κ1) is 33.3. The summed E-state index contributed by atoms with van der Waals surface area (Å²) < 4.78 is 23.8. The predicted octanol–water partition coefficient (Wildman–Crippen LogP) is 9.72. The fourth-order valence-corrected chi connectivity index (χ4v) is 5.14. The molecule has 0 aromatic heterocycles. The second-order valence-corrected chi connectivity index (χ2v) is 11.8. The number of rotatable bonds is 16. The van der Waals surface area contributed by atoms with Gasteiger partial charge in [-0.2, -0.15) is 0 Å². The maximum absolute atomic E-state index is 14.0. The van der Waals surface area contributed by atoms with Gasteiger partial charge >= 0.3 is 0 Å². The topological polar surface area (TPSA) is 54.0 Å². The Morgan fingerprint density at radius 2 is 1.14 bits per heavy atom. The molecule has 0 heterocycles. The number of benzene rings is 2. The molecule has 0 amide bonds. The fraction of sp³-hybridized carbons (Fsp3) is 0.541. The van der Waals surface area contributed by atoms with Gasteiger partial charge in [-0.1, -0.05) is 66.0 Å². The van der Waals surface area contributed by atoms with Gasteiger partial charge in [0.2, 0.25) is 0 Å². The van der Waals surface area contributed by atoms with Crippen molar-refractivity contribution >= 4 is 17.9 Å². The zero-order valence-corrected chi connectivity index (χ0v) is 27.0. The lowest BCUT2D eigenvalue weighted by atomic mass is 9.66. The minimum absolute atomic E-state index is 0.0970. The zero-order valence-electron chi connectivity index (χ0n) is 27.0. The van der Waals surface area contributed by atoms with Crippen molar-refractivity contribution < 1.29 is 23.7 Å². The fourth-order valence-electron chi connectivity index (χ4n) is 5.14. The molecule has 0 N–H and O–H groups in total. The van der Waals surface area contributed by atoms with Gasteiger partial charge in [-0.15, -0.1) is 0 Å². The van der Waals surface area contributed by atoms with Gasteiger partial charge in [-0.3, -0.25) is 4.79 Å². The van der Waals surface area contributed by atoms with Gasteiger partial charge in [0.25, 0.3) is 0 Å². The lowest BCUT2D eigenvalue weighted by Crippen LogP contribution is -2.30.